The third-order valence-electron chi connectivity index (χ3n) is 2.36. The first kappa shape index (κ1) is 10.9. The number of ether oxygens (including phenoxy) is 1. The first-order chi connectivity index (χ1) is 7.60. The van der Waals surface area contributed by atoms with Crippen LogP contribution in [0.15, 0.2) is 33.6 Å². The summed E-state index contributed by atoms with van der Waals surface area (Å²) in [5.74, 6) is 0. The summed E-state index contributed by atoms with van der Waals surface area (Å²) in [6.45, 7) is 2.50. The minimum atomic E-state index is -3.63. The maximum atomic E-state index is 11.8. The van der Waals surface area contributed by atoms with E-state index in [1.165, 1.54) is 7.11 Å². The summed E-state index contributed by atoms with van der Waals surface area (Å²) in [5, 5.41) is 0. The fourth-order valence-corrected chi connectivity index (χ4v) is 2.83. The quantitative estimate of drug-likeness (QED) is 0.740. The molecule has 1 aliphatic rings. The van der Waals surface area contributed by atoms with Crippen molar-refractivity contribution in [1.29, 1.82) is 0 Å². The van der Waals surface area contributed by atoms with Gasteiger partial charge < -0.3 is 4.74 Å². The molecule has 6 heteroatoms. The Morgan fingerprint density at radius 1 is 1.38 bits per heavy atom. The second-order valence-corrected chi connectivity index (χ2v) is 4.84. The Morgan fingerprint density at radius 3 is 2.69 bits per heavy atom. The van der Waals surface area contributed by atoms with Crippen LogP contribution in [0.5, 0.6) is 0 Å². The van der Waals surface area contributed by atoms with E-state index >= 15 is 0 Å². The lowest BCUT2D eigenvalue weighted by atomic mass is 10.3. The first-order valence-corrected chi connectivity index (χ1v) is 6.29. The van der Waals surface area contributed by atoms with Crippen LogP contribution in [-0.2, 0) is 14.8 Å². The third kappa shape index (κ3) is 1.55. The number of rotatable bonds is 1. The molecule has 1 heterocycles. The van der Waals surface area contributed by atoms with E-state index in [1.807, 2.05) is 6.92 Å². The molecule has 0 spiro atoms. The maximum Gasteiger partial charge on any atom is 0.307 e. The highest BCUT2D eigenvalue weighted by molar-refractivity contribution is 7.90. The van der Waals surface area contributed by atoms with Crippen LogP contribution in [-0.4, -0.2) is 28.1 Å². The summed E-state index contributed by atoms with van der Waals surface area (Å²) in [5.41, 5.74) is 0.608. The van der Waals surface area contributed by atoms with Crippen molar-refractivity contribution in [2.24, 2.45) is 4.40 Å². The lowest BCUT2D eigenvalue weighted by Crippen LogP contribution is -2.36. The van der Waals surface area contributed by atoms with Gasteiger partial charge in [0.25, 0.3) is 10.0 Å². The molecule has 2 rings (SSSR count). The molecule has 0 saturated carbocycles. The Kier molecular flexibility index (Phi) is 2.59. The number of hydrogen-bond donors (Lipinski definition) is 0. The van der Waals surface area contributed by atoms with E-state index in [1.54, 1.807) is 29.2 Å². The van der Waals surface area contributed by atoms with Gasteiger partial charge in [-0.15, -0.1) is 4.40 Å². The zero-order valence-corrected chi connectivity index (χ0v) is 9.86. The molecular weight excluding hydrogens is 228 g/mol. The zero-order valence-electron chi connectivity index (χ0n) is 9.04. The van der Waals surface area contributed by atoms with Crippen LogP contribution < -0.4 is 4.90 Å². The fraction of sp³-hybridized carbons (Fsp3) is 0.300. The Bertz CT molecular complexity index is 537. The van der Waals surface area contributed by atoms with Gasteiger partial charge in [0, 0.05) is 6.54 Å². The van der Waals surface area contributed by atoms with Crippen LogP contribution in [0.4, 0.5) is 5.69 Å². The molecule has 1 aromatic rings. The zero-order chi connectivity index (χ0) is 11.8. The van der Waals surface area contributed by atoms with E-state index in [0.29, 0.717) is 12.2 Å². The lowest BCUT2D eigenvalue weighted by Gasteiger charge is -2.27. The van der Waals surface area contributed by atoms with Gasteiger partial charge in [-0.1, -0.05) is 12.1 Å². The van der Waals surface area contributed by atoms with E-state index in [9.17, 15) is 8.42 Å². The van der Waals surface area contributed by atoms with Crippen molar-refractivity contribution in [1.82, 2.24) is 0 Å². The standard InChI is InChI=1S/C10H12N2O3S/c1-3-12-8-6-4-5-7-9(8)16(13,14)11-10(12)15-2/h4-7H,3H2,1-2H3. The average molecular weight is 240 g/mol. The smallest absolute Gasteiger partial charge is 0.307 e. The summed E-state index contributed by atoms with van der Waals surface area (Å²) in [6, 6.07) is 6.86. The van der Waals surface area contributed by atoms with Gasteiger partial charge in [-0.25, -0.2) is 0 Å². The van der Waals surface area contributed by atoms with Gasteiger partial charge in [0.05, 0.1) is 12.8 Å². The Hall–Kier alpha value is -1.56. The van der Waals surface area contributed by atoms with Crippen LogP contribution in [0.25, 0.3) is 0 Å². The summed E-state index contributed by atoms with van der Waals surface area (Å²) < 4.78 is 32.2. The molecule has 0 aliphatic carbocycles. The minimum absolute atomic E-state index is 0.112. The maximum absolute atomic E-state index is 11.8. The minimum Gasteiger partial charge on any atom is -0.467 e. The highest BCUT2D eigenvalue weighted by Gasteiger charge is 2.30. The largest absolute Gasteiger partial charge is 0.467 e. The van der Waals surface area contributed by atoms with Gasteiger partial charge in [0.2, 0.25) is 0 Å². The summed E-state index contributed by atoms with van der Waals surface area (Å²) in [4.78, 5) is 1.94. The predicted molar refractivity (Wildman–Crippen MR) is 61.1 cm³/mol. The average Bonchev–Trinajstić information content (AvgIpc) is 2.28. The second kappa shape index (κ2) is 3.79. The SMILES string of the molecule is CCN1C(OC)=NS(=O)(=O)c2ccccc21. The molecule has 0 atom stereocenters. The molecule has 0 aromatic heterocycles. The van der Waals surface area contributed by atoms with Crippen molar-refractivity contribution in [2.45, 2.75) is 11.8 Å². The summed E-state index contributed by atoms with van der Waals surface area (Å²) in [7, 11) is -2.22. The molecule has 0 bridgehead atoms. The molecule has 0 radical (unpaired) electrons. The number of amidine groups is 1. The van der Waals surface area contributed by atoms with Gasteiger partial charge in [-0.3, -0.25) is 4.90 Å². The Balaban J connectivity index is 2.69. The lowest BCUT2D eigenvalue weighted by molar-refractivity contribution is 0.391. The highest BCUT2D eigenvalue weighted by Crippen LogP contribution is 2.30. The molecule has 16 heavy (non-hydrogen) atoms. The van der Waals surface area contributed by atoms with Crippen molar-refractivity contribution in [3.8, 4) is 0 Å². The van der Waals surface area contributed by atoms with Crippen molar-refractivity contribution in [3.05, 3.63) is 24.3 Å². The van der Waals surface area contributed by atoms with Crippen molar-refractivity contribution in [2.75, 3.05) is 18.6 Å². The molecule has 0 unspecified atom stereocenters. The molecule has 0 amide bonds. The monoisotopic (exact) mass is 240 g/mol. The number of anilines is 1. The molecule has 0 saturated heterocycles. The van der Waals surface area contributed by atoms with E-state index in [-0.39, 0.29) is 10.9 Å². The van der Waals surface area contributed by atoms with Crippen LogP contribution in [0.2, 0.25) is 0 Å². The molecule has 0 fully saturated rings. The number of sulfonamides is 1. The summed E-state index contributed by atoms with van der Waals surface area (Å²) >= 11 is 0. The van der Waals surface area contributed by atoms with E-state index < -0.39 is 10.0 Å². The number of fused-ring (bicyclic) bond motifs is 1. The molecule has 5 nitrogen and oxygen atoms in total. The number of nitrogens with zero attached hydrogens (tertiary/aromatic N) is 2. The molecule has 0 N–H and O–H groups in total. The van der Waals surface area contributed by atoms with Crippen LogP contribution in [0, 0.1) is 0 Å². The third-order valence-corrected chi connectivity index (χ3v) is 3.66. The van der Waals surface area contributed by atoms with Gasteiger partial charge in [0.15, 0.2) is 0 Å². The van der Waals surface area contributed by atoms with E-state index in [0.717, 1.165) is 0 Å². The van der Waals surface area contributed by atoms with Gasteiger partial charge in [-0.2, -0.15) is 8.42 Å². The molecule has 1 aromatic carbocycles. The number of hydrogen-bond acceptors (Lipinski definition) is 4. The second-order valence-electron chi connectivity index (χ2n) is 3.27. The highest BCUT2D eigenvalue weighted by atomic mass is 32.2. The molecular formula is C10H12N2O3S. The first-order valence-electron chi connectivity index (χ1n) is 4.85. The van der Waals surface area contributed by atoms with Crippen molar-refractivity contribution in [3.63, 3.8) is 0 Å². The number of para-hydroxylation sites is 1. The van der Waals surface area contributed by atoms with Crippen LogP contribution >= 0.6 is 0 Å². The number of methoxy groups -OCH3 is 1. The normalized spacial score (nSPS) is 17.6. The van der Waals surface area contributed by atoms with Crippen molar-refractivity contribution >= 4 is 21.7 Å². The predicted octanol–water partition coefficient (Wildman–Crippen LogP) is 1.22. The Morgan fingerprint density at radius 2 is 2.06 bits per heavy atom. The molecule has 1 aliphatic heterocycles. The van der Waals surface area contributed by atoms with Gasteiger partial charge >= 0.3 is 6.02 Å². The van der Waals surface area contributed by atoms with Crippen LogP contribution in [0.3, 0.4) is 0 Å². The number of benzene rings is 1. The van der Waals surface area contributed by atoms with Gasteiger partial charge in [-0.05, 0) is 19.1 Å². The fourth-order valence-electron chi connectivity index (χ4n) is 1.66. The topological polar surface area (TPSA) is 59.0 Å². The summed E-state index contributed by atoms with van der Waals surface area (Å²) in [6.07, 6.45) is 0. The van der Waals surface area contributed by atoms with Crippen LogP contribution in [0.1, 0.15) is 6.92 Å². The van der Waals surface area contributed by atoms with E-state index in [4.69, 9.17) is 4.74 Å². The molecule has 86 valence electrons. The van der Waals surface area contributed by atoms with E-state index in [2.05, 4.69) is 4.40 Å². The van der Waals surface area contributed by atoms with Gasteiger partial charge in [0.1, 0.15) is 4.90 Å². The van der Waals surface area contributed by atoms with Crippen molar-refractivity contribution < 1.29 is 13.2 Å². The Labute approximate surface area is 94.4 Å².